The zero-order valence-electron chi connectivity index (χ0n) is 17.0. The van der Waals surface area contributed by atoms with Crippen molar-refractivity contribution in [2.75, 3.05) is 25.6 Å². The molecule has 160 valence electrons. The van der Waals surface area contributed by atoms with Gasteiger partial charge in [0.05, 0.1) is 24.5 Å². The maximum absolute atomic E-state index is 11.4. The SMILES string of the molecule is CC(=O)OCC(CCn1cnc2c(Cl)nc(N)nc21)(COC(C)=O)COC(C)C. The van der Waals surface area contributed by atoms with E-state index in [1.807, 2.05) is 13.8 Å². The maximum Gasteiger partial charge on any atom is 0.302 e. The van der Waals surface area contributed by atoms with Gasteiger partial charge in [-0.3, -0.25) is 9.59 Å². The summed E-state index contributed by atoms with van der Waals surface area (Å²) in [6, 6.07) is 0. The second kappa shape index (κ2) is 9.84. The lowest BCUT2D eigenvalue weighted by Gasteiger charge is -2.33. The summed E-state index contributed by atoms with van der Waals surface area (Å²) in [5.41, 5.74) is 5.87. The fourth-order valence-electron chi connectivity index (χ4n) is 2.64. The van der Waals surface area contributed by atoms with Gasteiger partial charge in [-0.2, -0.15) is 9.97 Å². The van der Waals surface area contributed by atoms with Crippen LogP contribution in [0.1, 0.15) is 34.1 Å². The summed E-state index contributed by atoms with van der Waals surface area (Å²) in [5, 5.41) is 0.167. The van der Waals surface area contributed by atoms with Crippen molar-refractivity contribution >= 4 is 40.7 Å². The van der Waals surface area contributed by atoms with Gasteiger partial charge in [-0.15, -0.1) is 0 Å². The van der Waals surface area contributed by atoms with Crippen LogP contribution in [0.3, 0.4) is 0 Å². The van der Waals surface area contributed by atoms with Crippen LogP contribution in [0.4, 0.5) is 5.95 Å². The predicted molar refractivity (Wildman–Crippen MR) is 106 cm³/mol. The van der Waals surface area contributed by atoms with Crippen LogP contribution in [0, 0.1) is 5.41 Å². The molecule has 0 saturated carbocycles. The van der Waals surface area contributed by atoms with Gasteiger partial charge in [0, 0.05) is 20.4 Å². The van der Waals surface area contributed by atoms with Crippen LogP contribution in [-0.2, 0) is 30.3 Å². The number of imidazole rings is 1. The average molecular weight is 428 g/mol. The number of nitrogens with two attached hydrogens (primary N) is 1. The number of anilines is 1. The fourth-order valence-corrected chi connectivity index (χ4v) is 2.86. The molecule has 2 aromatic rings. The van der Waals surface area contributed by atoms with Crippen molar-refractivity contribution in [1.29, 1.82) is 0 Å². The average Bonchev–Trinajstić information content (AvgIpc) is 3.03. The maximum atomic E-state index is 11.4. The lowest BCUT2D eigenvalue weighted by atomic mass is 9.86. The Morgan fingerprint density at radius 1 is 1.17 bits per heavy atom. The molecular weight excluding hydrogens is 402 g/mol. The normalized spacial score (nSPS) is 11.8. The third kappa shape index (κ3) is 6.53. The molecule has 2 aromatic heterocycles. The van der Waals surface area contributed by atoms with Crippen molar-refractivity contribution in [1.82, 2.24) is 19.5 Å². The number of hydrogen-bond donors (Lipinski definition) is 1. The Bertz CT molecular complexity index is 852. The summed E-state index contributed by atoms with van der Waals surface area (Å²) in [6.07, 6.45) is 1.98. The molecule has 2 heterocycles. The van der Waals surface area contributed by atoms with Crippen molar-refractivity contribution < 1.29 is 23.8 Å². The van der Waals surface area contributed by atoms with Crippen LogP contribution in [-0.4, -0.2) is 57.4 Å². The molecule has 0 amide bonds. The van der Waals surface area contributed by atoms with Gasteiger partial charge in [-0.25, -0.2) is 4.98 Å². The van der Waals surface area contributed by atoms with Crippen molar-refractivity contribution in [3.8, 4) is 0 Å². The van der Waals surface area contributed by atoms with E-state index in [4.69, 9.17) is 31.5 Å². The molecular formula is C18H26ClN5O5. The molecule has 2 N–H and O–H groups in total. The minimum absolute atomic E-state index is 0.0346. The Balaban J connectivity index is 2.28. The highest BCUT2D eigenvalue weighted by Crippen LogP contribution is 2.28. The minimum atomic E-state index is -0.749. The van der Waals surface area contributed by atoms with Gasteiger partial charge in [0.2, 0.25) is 5.95 Å². The summed E-state index contributed by atoms with van der Waals surface area (Å²) in [6.45, 7) is 7.17. The largest absolute Gasteiger partial charge is 0.465 e. The summed E-state index contributed by atoms with van der Waals surface area (Å²) in [7, 11) is 0. The molecule has 0 aromatic carbocycles. The number of halogens is 1. The van der Waals surface area contributed by atoms with Gasteiger partial charge in [-0.05, 0) is 20.3 Å². The molecule has 0 aliphatic rings. The van der Waals surface area contributed by atoms with Crippen molar-refractivity contribution in [3.63, 3.8) is 0 Å². The quantitative estimate of drug-likeness (QED) is 0.446. The third-order valence-electron chi connectivity index (χ3n) is 4.21. The molecule has 11 heteroatoms. The van der Waals surface area contributed by atoms with Gasteiger partial charge in [0.25, 0.3) is 0 Å². The van der Waals surface area contributed by atoms with E-state index in [1.54, 1.807) is 10.9 Å². The topological polar surface area (TPSA) is 131 Å². The fraction of sp³-hybridized carbons (Fsp3) is 0.611. The highest BCUT2D eigenvalue weighted by Gasteiger charge is 2.34. The van der Waals surface area contributed by atoms with E-state index in [1.165, 1.54) is 13.8 Å². The zero-order chi connectivity index (χ0) is 21.6. The molecule has 0 aliphatic heterocycles. The molecule has 29 heavy (non-hydrogen) atoms. The summed E-state index contributed by atoms with van der Waals surface area (Å²) in [5.74, 6) is -0.817. The number of esters is 2. The highest BCUT2D eigenvalue weighted by atomic mass is 35.5. The number of aromatic nitrogens is 4. The van der Waals surface area contributed by atoms with E-state index >= 15 is 0 Å². The zero-order valence-corrected chi connectivity index (χ0v) is 17.7. The predicted octanol–water partition coefficient (Wildman–Crippen LogP) is 1.99. The molecule has 0 aliphatic carbocycles. The molecule has 0 fully saturated rings. The van der Waals surface area contributed by atoms with Crippen LogP contribution < -0.4 is 5.73 Å². The number of nitrogen functional groups attached to an aromatic ring is 1. The van der Waals surface area contributed by atoms with E-state index in [0.29, 0.717) is 24.1 Å². The first-order chi connectivity index (χ1) is 13.6. The van der Waals surface area contributed by atoms with Crippen molar-refractivity contribution in [3.05, 3.63) is 11.5 Å². The minimum Gasteiger partial charge on any atom is -0.465 e. The number of aryl methyl sites for hydroxylation is 1. The number of carbonyl (C=O) groups is 2. The van der Waals surface area contributed by atoms with E-state index in [0.717, 1.165) is 0 Å². The Morgan fingerprint density at radius 3 is 2.34 bits per heavy atom. The van der Waals surface area contributed by atoms with Crippen LogP contribution in [0.25, 0.3) is 11.2 Å². The molecule has 0 spiro atoms. The summed E-state index contributed by atoms with van der Waals surface area (Å²) >= 11 is 6.08. The number of carbonyl (C=O) groups excluding carboxylic acids is 2. The van der Waals surface area contributed by atoms with Gasteiger partial charge in [-0.1, -0.05) is 11.6 Å². The van der Waals surface area contributed by atoms with Crippen molar-refractivity contribution in [2.45, 2.75) is 46.8 Å². The van der Waals surface area contributed by atoms with Gasteiger partial charge < -0.3 is 24.5 Å². The lowest BCUT2D eigenvalue weighted by Crippen LogP contribution is -2.40. The van der Waals surface area contributed by atoms with Gasteiger partial charge in [0.15, 0.2) is 10.8 Å². The number of hydrogen-bond acceptors (Lipinski definition) is 9. The Kier molecular flexibility index (Phi) is 7.74. The van der Waals surface area contributed by atoms with Crippen LogP contribution in [0.2, 0.25) is 5.15 Å². The van der Waals surface area contributed by atoms with Crippen LogP contribution in [0.15, 0.2) is 6.33 Å². The Labute approximate surface area is 173 Å². The first-order valence-electron chi connectivity index (χ1n) is 9.14. The molecule has 0 unspecified atom stereocenters. The molecule has 10 nitrogen and oxygen atoms in total. The first kappa shape index (κ1) is 22.8. The Hall–Kier alpha value is -2.46. The van der Waals surface area contributed by atoms with Crippen LogP contribution in [0.5, 0.6) is 0 Å². The summed E-state index contributed by atoms with van der Waals surface area (Å²) in [4.78, 5) is 35.2. The molecule has 0 atom stereocenters. The first-order valence-corrected chi connectivity index (χ1v) is 9.52. The van der Waals surface area contributed by atoms with Crippen molar-refractivity contribution in [2.24, 2.45) is 5.41 Å². The van der Waals surface area contributed by atoms with Crippen LogP contribution >= 0.6 is 11.6 Å². The Morgan fingerprint density at radius 2 is 1.79 bits per heavy atom. The van der Waals surface area contributed by atoms with Gasteiger partial charge in [0.1, 0.15) is 18.7 Å². The monoisotopic (exact) mass is 427 g/mol. The highest BCUT2D eigenvalue weighted by molar-refractivity contribution is 6.33. The number of ether oxygens (including phenoxy) is 3. The standard InChI is InChI=1S/C18H26ClN5O5/c1-11(2)27-7-18(8-28-12(3)25,9-29-13(4)26)5-6-24-10-21-14-15(19)22-17(20)23-16(14)24/h10-11H,5-9H2,1-4H3,(H2,20,22,23). The van der Waals surface area contributed by atoms with E-state index in [2.05, 4.69) is 15.0 Å². The number of nitrogens with zero attached hydrogens (tertiary/aromatic N) is 4. The molecule has 0 radical (unpaired) electrons. The smallest absolute Gasteiger partial charge is 0.302 e. The molecule has 0 bridgehead atoms. The molecule has 2 rings (SSSR count). The summed E-state index contributed by atoms with van der Waals surface area (Å²) < 4.78 is 18.1. The van der Waals surface area contributed by atoms with E-state index < -0.39 is 17.4 Å². The second-order valence-electron chi connectivity index (χ2n) is 7.15. The molecule has 0 saturated heterocycles. The third-order valence-corrected chi connectivity index (χ3v) is 4.47. The lowest BCUT2D eigenvalue weighted by molar-refractivity contribution is -0.156. The number of rotatable bonds is 10. The van der Waals surface area contributed by atoms with E-state index in [9.17, 15) is 9.59 Å². The number of fused-ring (bicyclic) bond motifs is 1. The van der Waals surface area contributed by atoms with E-state index in [-0.39, 0.29) is 37.0 Å². The van der Waals surface area contributed by atoms with Gasteiger partial charge >= 0.3 is 11.9 Å². The second-order valence-corrected chi connectivity index (χ2v) is 7.51.